The fourth-order valence-electron chi connectivity index (χ4n) is 1.10. The molecule has 0 spiro atoms. The topological polar surface area (TPSA) is 54.4 Å². The molecule has 0 amide bonds. The highest BCUT2D eigenvalue weighted by molar-refractivity contribution is 7.84. The van der Waals surface area contributed by atoms with Gasteiger partial charge in [0.15, 0.2) is 0 Å². The van der Waals surface area contributed by atoms with E-state index >= 15 is 0 Å². The predicted octanol–water partition coefficient (Wildman–Crippen LogP) is 1.69. The van der Waals surface area contributed by atoms with Gasteiger partial charge in [-0.3, -0.25) is 9.00 Å². The van der Waals surface area contributed by atoms with E-state index in [-0.39, 0.29) is 23.5 Å². The summed E-state index contributed by atoms with van der Waals surface area (Å²) < 4.78 is 37.2. The fraction of sp³-hybridized carbons (Fsp3) is 0.300. The summed E-state index contributed by atoms with van der Waals surface area (Å²) in [5, 5.41) is 8.36. The molecular weight excluding hydrogens is 238 g/mol. The van der Waals surface area contributed by atoms with Gasteiger partial charge >= 0.3 is 5.97 Å². The highest BCUT2D eigenvalue weighted by atomic mass is 32.2. The van der Waals surface area contributed by atoms with Crippen LogP contribution in [-0.4, -0.2) is 21.0 Å². The average molecular weight is 248 g/mol. The van der Waals surface area contributed by atoms with Crippen LogP contribution >= 0.6 is 0 Å². The summed E-state index contributed by atoms with van der Waals surface area (Å²) in [5.74, 6) is -2.54. The Labute approximate surface area is 93.6 Å². The predicted molar refractivity (Wildman–Crippen MR) is 55.3 cm³/mol. The summed E-state index contributed by atoms with van der Waals surface area (Å²) in [7, 11) is -1.50. The summed E-state index contributed by atoms with van der Waals surface area (Å²) >= 11 is 0. The maximum absolute atomic E-state index is 13.1. The van der Waals surface area contributed by atoms with Gasteiger partial charge in [-0.25, -0.2) is 8.78 Å². The Kier molecular flexibility index (Phi) is 4.54. The van der Waals surface area contributed by atoms with E-state index in [1.165, 1.54) is 0 Å². The van der Waals surface area contributed by atoms with E-state index in [1.807, 2.05) is 0 Å². The van der Waals surface area contributed by atoms with Crippen LogP contribution in [0, 0.1) is 11.6 Å². The molecule has 88 valence electrons. The van der Waals surface area contributed by atoms with Crippen molar-refractivity contribution >= 4 is 16.8 Å². The minimum absolute atomic E-state index is 0.00345. The first-order valence-corrected chi connectivity index (χ1v) is 5.98. The molecule has 1 aromatic carbocycles. The lowest BCUT2D eigenvalue weighted by molar-refractivity contribution is -0.136. The molecule has 0 saturated heterocycles. The minimum atomic E-state index is -1.50. The lowest BCUT2D eigenvalue weighted by Crippen LogP contribution is -2.07. The molecular formula is C10H10F2O3S. The van der Waals surface area contributed by atoms with Crippen LogP contribution in [0.5, 0.6) is 0 Å². The molecule has 3 nitrogen and oxygen atoms in total. The second-order valence-electron chi connectivity index (χ2n) is 3.17. The van der Waals surface area contributed by atoms with Crippen molar-refractivity contribution in [1.29, 1.82) is 0 Å². The van der Waals surface area contributed by atoms with E-state index in [2.05, 4.69) is 0 Å². The maximum Gasteiger partial charge on any atom is 0.304 e. The van der Waals surface area contributed by atoms with Crippen LogP contribution < -0.4 is 0 Å². The molecule has 1 rings (SSSR count). The number of aliphatic carboxylic acids is 1. The molecule has 0 aliphatic rings. The Hall–Kier alpha value is -1.30. The van der Waals surface area contributed by atoms with Crippen LogP contribution in [0.15, 0.2) is 18.2 Å². The van der Waals surface area contributed by atoms with Crippen LogP contribution in [0.1, 0.15) is 12.0 Å². The number of benzene rings is 1. The Bertz CT molecular complexity index is 421. The van der Waals surface area contributed by atoms with Crippen LogP contribution in [-0.2, 0) is 21.3 Å². The van der Waals surface area contributed by atoms with Gasteiger partial charge in [0.05, 0.1) is 12.2 Å². The highest BCUT2D eigenvalue weighted by Crippen LogP contribution is 2.12. The first kappa shape index (κ1) is 12.8. The van der Waals surface area contributed by atoms with Crippen molar-refractivity contribution in [2.45, 2.75) is 12.2 Å². The van der Waals surface area contributed by atoms with Gasteiger partial charge < -0.3 is 5.11 Å². The van der Waals surface area contributed by atoms with Gasteiger partial charge in [-0.05, 0) is 18.2 Å². The van der Waals surface area contributed by atoms with E-state index in [1.54, 1.807) is 0 Å². The molecule has 1 N–H and O–H groups in total. The molecule has 1 aromatic rings. The molecule has 6 heteroatoms. The molecule has 0 aromatic heterocycles. The third-order valence-corrected chi connectivity index (χ3v) is 3.16. The normalized spacial score (nSPS) is 12.4. The Morgan fingerprint density at radius 1 is 1.38 bits per heavy atom. The van der Waals surface area contributed by atoms with Crippen molar-refractivity contribution in [2.24, 2.45) is 0 Å². The zero-order valence-electron chi connectivity index (χ0n) is 8.28. The van der Waals surface area contributed by atoms with Gasteiger partial charge in [-0.15, -0.1) is 0 Å². The molecule has 0 aliphatic carbocycles. The second kappa shape index (κ2) is 5.69. The number of carboxylic acids is 1. The van der Waals surface area contributed by atoms with Crippen LogP contribution in [0.25, 0.3) is 0 Å². The van der Waals surface area contributed by atoms with Gasteiger partial charge in [0.25, 0.3) is 0 Å². The summed E-state index contributed by atoms with van der Waals surface area (Å²) in [6, 6.07) is 2.89. The number of hydrogen-bond acceptors (Lipinski definition) is 2. The maximum atomic E-state index is 13.1. The SMILES string of the molecule is O=C(O)CCS(=O)Cc1cc(F)ccc1F. The van der Waals surface area contributed by atoms with Crippen molar-refractivity contribution in [3.8, 4) is 0 Å². The highest BCUT2D eigenvalue weighted by Gasteiger charge is 2.09. The first-order valence-electron chi connectivity index (χ1n) is 4.49. The molecule has 0 bridgehead atoms. The van der Waals surface area contributed by atoms with Gasteiger partial charge in [0.1, 0.15) is 11.6 Å². The largest absolute Gasteiger partial charge is 0.481 e. The third kappa shape index (κ3) is 4.06. The van der Waals surface area contributed by atoms with Gasteiger partial charge in [-0.1, -0.05) is 0 Å². The van der Waals surface area contributed by atoms with Crippen LogP contribution in [0.3, 0.4) is 0 Å². The Morgan fingerprint density at radius 3 is 2.69 bits per heavy atom. The van der Waals surface area contributed by atoms with E-state index in [4.69, 9.17) is 5.11 Å². The van der Waals surface area contributed by atoms with E-state index in [0.29, 0.717) is 0 Å². The minimum Gasteiger partial charge on any atom is -0.481 e. The number of carbonyl (C=O) groups is 1. The lowest BCUT2D eigenvalue weighted by atomic mass is 10.2. The quantitative estimate of drug-likeness (QED) is 0.862. The van der Waals surface area contributed by atoms with Crippen molar-refractivity contribution in [2.75, 3.05) is 5.75 Å². The summed E-state index contributed by atoms with van der Waals surface area (Å²) in [6.45, 7) is 0. The molecule has 1 unspecified atom stereocenters. The Morgan fingerprint density at radius 2 is 2.06 bits per heavy atom. The molecule has 16 heavy (non-hydrogen) atoms. The van der Waals surface area contributed by atoms with Crippen molar-refractivity contribution in [1.82, 2.24) is 0 Å². The monoisotopic (exact) mass is 248 g/mol. The molecule has 0 fully saturated rings. The van der Waals surface area contributed by atoms with E-state index in [0.717, 1.165) is 18.2 Å². The van der Waals surface area contributed by atoms with E-state index in [9.17, 15) is 17.8 Å². The zero-order valence-corrected chi connectivity index (χ0v) is 9.10. The summed E-state index contributed by atoms with van der Waals surface area (Å²) in [6.07, 6.45) is -0.246. The fourth-order valence-corrected chi connectivity index (χ4v) is 2.22. The van der Waals surface area contributed by atoms with Crippen molar-refractivity contribution in [3.63, 3.8) is 0 Å². The average Bonchev–Trinajstić information content (AvgIpc) is 2.20. The van der Waals surface area contributed by atoms with Crippen LogP contribution in [0.2, 0.25) is 0 Å². The number of rotatable bonds is 5. The molecule has 0 saturated carbocycles. The molecule has 0 heterocycles. The van der Waals surface area contributed by atoms with Crippen LogP contribution in [0.4, 0.5) is 8.78 Å². The lowest BCUT2D eigenvalue weighted by Gasteiger charge is -2.03. The standard InChI is InChI=1S/C10H10F2O3S/c11-8-1-2-9(12)7(5-8)6-16(15)4-3-10(13)14/h1-2,5H,3-4,6H2,(H,13,14). The van der Waals surface area contributed by atoms with Gasteiger partial charge in [0, 0.05) is 22.1 Å². The van der Waals surface area contributed by atoms with Gasteiger partial charge in [0.2, 0.25) is 0 Å². The summed E-state index contributed by atoms with van der Waals surface area (Å²) in [4.78, 5) is 10.2. The van der Waals surface area contributed by atoms with Gasteiger partial charge in [-0.2, -0.15) is 0 Å². The first-order chi connectivity index (χ1) is 7.49. The Balaban J connectivity index is 2.62. The third-order valence-electron chi connectivity index (χ3n) is 1.87. The van der Waals surface area contributed by atoms with Crippen molar-refractivity contribution in [3.05, 3.63) is 35.4 Å². The number of halogens is 2. The van der Waals surface area contributed by atoms with Crippen molar-refractivity contribution < 1.29 is 22.9 Å². The number of carboxylic acid groups (broad SMARTS) is 1. The second-order valence-corrected chi connectivity index (χ2v) is 4.74. The smallest absolute Gasteiger partial charge is 0.304 e. The molecule has 0 aliphatic heterocycles. The summed E-state index contributed by atoms with van der Waals surface area (Å²) in [5.41, 5.74) is 0.00345. The number of hydrogen-bond donors (Lipinski definition) is 1. The molecule has 1 atom stereocenters. The zero-order chi connectivity index (χ0) is 12.1. The van der Waals surface area contributed by atoms with E-state index < -0.39 is 28.4 Å². The molecule has 0 radical (unpaired) electrons.